The van der Waals surface area contributed by atoms with E-state index in [0.29, 0.717) is 5.95 Å². The van der Waals surface area contributed by atoms with Crippen molar-refractivity contribution in [2.24, 2.45) is 0 Å². The Hall–Kier alpha value is -2.17. The van der Waals surface area contributed by atoms with E-state index in [1.165, 1.54) is 5.56 Å². The lowest BCUT2D eigenvalue weighted by Gasteiger charge is -2.06. The van der Waals surface area contributed by atoms with Crippen molar-refractivity contribution in [2.45, 2.75) is 6.42 Å². The maximum Gasteiger partial charge on any atom is 0.224 e. The van der Waals surface area contributed by atoms with E-state index in [0.717, 1.165) is 18.8 Å². The third-order valence-corrected chi connectivity index (χ3v) is 2.35. The number of hydrogen-bond donors (Lipinski definition) is 2. The van der Waals surface area contributed by atoms with Crippen LogP contribution in [-0.4, -0.2) is 28.5 Å². The van der Waals surface area contributed by atoms with Crippen LogP contribution in [0.3, 0.4) is 0 Å². The second kappa shape index (κ2) is 5.79. The van der Waals surface area contributed by atoms with Gasteiger partial charge in [-0.25, -0.2) is 4.98 Å². The average Bonchev–Trinajstić information content (AvgIpc) is 2.40. The Morgan fingerprint density at radius 2 is 1.94 bits per heavy atom. The summed E-state index contributed by atoms with van der Waals surface area (Å²) in [6.07, 6.45) is 6.28. The molecule has 2 N–H and O–H groups in total. The molecule has 5 heteroatoms. The topological polar surface area (TPSA) is 62.7 Å². The first-order valence-corrected chi connectivity index (χ1v) is 5.52. The molecular formula is C12H15N5. The Bertz CT molecular complexity index is 457. The predicted molar refractivity (Wildman–Crippen MR) is 68.0 cm³/mol. The van der Waals surface area contributed by atoms with Gasteiger partial charge in [-0.05, 0) is 30.2 Å². The second-order valence-corrected chi connectivity index (χ2v) is 3.55. The highest BCUT2D eigenvalue weighted by Gasteiger charge is 1.96. The molecule has 0 saturated carbocycles. The molecule has 2 heterocycles. The van der Waals surface area contributed by atoms with Crippen molar-refractivity contribution < 1.29 is 0 Å². The van der Waals surface area contributed by atoms with Gasteiger partial charge in [0.2, 0.25) is 5.95 Å². The average molecular weight is 229 g/mol. The van der Waals surface area contributed by atoms with Crippen molar-refractivity contribution in [2.75, 3.05) is 24.2 Å². The Morgan fingerprint density at radius 3 is 2.71 bits per heavy atom. The molecule has 2 aromatic rings. The third-order valence-electron chi connectivity index (χ3n) is 2.35. The fraction of sp³-hybridized carbons (Fsp3) is 0.250. The van der Waals surface area contributed by atoms with Gasteiger partial charge in [-0.3, -0.25) is 4.98 Å². The van der Waals surface area contributed by atoms with E-state index < -0.39 is 0 Å². The normalized spacial score (nSPS) is 9.94. The zero-order valence-corrected chi connectivity index (χ0v) is 9.72. The van der Waals surface area contributed by atoms with Gasteiger partial charge in [-0.2, -0.15) is 4.98 Å². The summed E-state index contributed by atoms with van der Waals surface area (Å²) in [5.41, 5.74) is 1.26. The predicted octanol–water partition coefficient (Wildman–Crippen LogP) is 1.57. The molecule has 0 aliphatic heterocycles. The number of anilines is 2. The van der Waals surface area contributed by atoms with Gasteiger partial charge in [0.05, 0.1) is 0 Å². The maximum atomic E-state index is 4.28. The van der Waals surface area contributed by atoms with E-state index in [9.17, 15) is 0 Å². The van der Waals surface area contributed by atoms with E-state index in [1.807, 2.05) is 18.2 Å². The zero-order valence-electron chi connectivity index (χ0n) is 9.72. The van der Waals surface area contributed by atoms with Crippen LogP contribution < -0.4 is 10.6 Å². The Labute approximate surface area is 100 Å². The molecule has 0 spiro atoms. The van der Waals surface area contributed by atoms with Gasteiger partial charge in [-0.15, -0.1) is 0 Å². The van der Waals surface area contributed by atoms with Gasteiger partial charge >= 0.3 is 0 Å². The fourth-order valence-corrected chi connectivity index (χ4v) is 1.46. The number of nitrogens with zero attached hydrogens (tertiary/aromatic N) is 3. The van der Waals surface area contributed by atoms with Crippen LogP contribution in [0, 0.1) is 0 Å². The minimum atomic E-state index is 0.624. The van der Waals surface area contributed by atoms with Gasteiger partial charge in [0.25, 0.3) is 0 Å². The smallest absolute Gasteiger partial charge is 0.224 e. The van der Waals surface area contributed by atoms with Crippen molar-refractivity contribution in [3.63, 3.8) is 0 Å². The molecule has 0 amide bonds. The minimum Gasteiger partial charge on any atom is -0.370 e. The van der Waals surface area contributed by atoms with Gasteiger partial charge in [-0.1, -0.05) is 0 Å². The third kappa shape index (κ3) is 3.41. The molecule has 0 unspecified atom stereocenters. The number of rotatable bonds is 5. The van der Waals surface area contributed by atoms with Crippen molar-refractivity contribution in [3.8, 4) is 0 Å². The van der Waals surface area contributed by atoms with Crippen LogP contribution >= 0.6 is 0 Å². The van der Waals surface area contributed by atoms with E-state index in [1.54, 1.807) is 25.6 Å². The number of aromatic nitrogens is 3. The molecule has 0 atom stereocenters. The molecule has 2 rings (SSSR count). The van der Waals surface area contributed by atoms with E-state index in [2.05, 4.69) is 25.6 Å². The van der Waals surface area contributed by atoms with Crippen molar-refractivity contribution in [1.82, 2.24) is 15.0 Å². The monoisotopic (exact) mass is 229 g/mol. The Morgan fingerprint density at radius 1 is 1.12 bits per heavy atom. The molecule has 0 aromatic carbocycles. The summed E-state index contributed by atoms with van der Waals surface area (Å²) in [6, 6.07) is 5.88. The lowest BCUT2D eigenvalue weighted by molar-refractivity contribution is 0.994. The second-order valence-electron chi connectivity index (χ2n) is 3.55. The van der Waals surface area contributed by atoms with Gasteiger partial charge < -0.3 is 10.6 Å². The Kier molecular flexibility index (Phi) is 3.85. The first-order valence-electron chi connectivity index (χ1n) is 5.52. The number of hydrogen-bond acceptors (Lipinski definition) is 5. The SMILES string of the molecule is CNc1nccc(NCCc2ccncc2)n1. The zero-order chi connectivity index (χ0) is 11.9. The van der Waals surface area contributed by atoms with Crippen molar-refractivity contribution in [1.29, 1.82) is 0 Å². The number of nitrogens with one attached hydrogen (secondary N) is 2. The first-order chi connectivity index (χ1) is 8.38. The molecule has 2 aromatic heterocycles. The summed E-state index contributed by atoms with van der Waals surface area (Å²) in [7, 11) is 1.80. The van der Waals surface area contributed by atoms with E-state index >= 15 is 0 Å². The van der Waals surface area contributed by atoms with E-state index in [-0.39, 0.29) is 0 Å². The highest BCUT2D eigenvalue weighted by molar-refractivity contribution is 5.39. The van der Waals surface area contributed by atoms with Crippen molar-refractivity contribution >= 4 is 11.8 Å². The maximum absolute atomic E-state index is 4.28. The van der Waals surface area contributed by atoms with Crippen LogP contribution in [0.5, 0.6) is 0 Å². The van der Waals surface area contributed by atoms with E-state index in [4.69, 9.17) is 0 Å². The lowest BCUT2D eigenvalue weighted by Crippen LogP contribution is -2.07. The lowest BCUT2D eigenvalue weighted by atomic mass is 10.2. The molecule has 0 radical (unpaired) electrons. The van der Waals surface area contributed by atoms with Gasteiger partial charge in [0, 0.05) is 32.2 Å². The van der Waals surface area contributed by atoms with Crippen LogP contribution in [0.1, 0.15) is 5.56 Å². The standard InChI is InChI=1S/C12H15N5/c1-13-12-16-9-5-11(17-12)15-8-4-10-2-6-14-7-3-10/h2-3,5-7,9H,4,8H2,1H3,(H2,13,15,16,17). The van der Waals surface area contributed by atoms with Crippen LogP contribution in [0.2, 0.25) is 0 Å². The first kappa shape index (κ1) is 11.3. The summed E-state index contributed by atoms with van der Waals surface area (Å²) < 4.78 is 0. The molecule has 17 heavy (non-hydrogen) atoms. The highest BCUT2D eigenvalue weighted by Crippen LogP contribution is 2.05. The summed E-state index contributed by atoms with van der Waals surface area (Å²) in [6.45, 7) is 0.837. The minimum absolute atomic E-state index is 0.624. The molecule has 0 aliphatic rings. The molecule has 0 aliphatic carbocycles. The molecular weight excluding hydrogens is 214 g/mol. The van der Waals surface area contributed by atoms with Crippen LogP contribution in [0.4, 0.5) is 11.8 Å². The number of pyridine rings is 1. The summed E-state index contributed by atoms with van der Waals surface area (Å²) in [5, 5.41) is 6.16. The van der Waals surface area contributed by atoms with Crippen molar-refractivity contribution in [3.05, 3.63) is 42.4 Å². The summed E-state index contributed by atoms with van der Waals surface area (Å²) in [5.74, 6) is 1.46. The quantitative estimate of drug-likeness (QED) is 0.814. The van der Waals surface area contributed by atoms with Crippen LogP contribution in [0.25, 0.3) is 0 Å². The summed E-state index contributed by atoms with van der Waals surface area (Å²) >= 11 is 0. The van der Waals surface area contributed by atoms with Crippen LogP contribution in [0.15, 0.2) is 36.8 Å². The largest absolute Gasteiger partial charge is 0.370 e. The molecule has 0 fully saturated rings. The molecule has 5 nitrogen and oxygen atoms in total. The van der Waals surface area contributed by atoms with Gasteiger partial charge in [0.15, 0.2) is 0 Å². The Balaban J connectivity index is 1.86. The molecule has 88 valence electrons. The summed E-state index contributed by atoms with van der Waals surface area (Å²) in [4.78, 5) is 12.3. The molecule has 0 saturated heterocycles. The fourth-order valence-electron chi connectivity index (χ4n) is 1.46. The molecule has 0 bridgehead atoms. The highest BCUT2D eigenvalue weighted by atomic mass is 15.1. The van der Waals surface area contributed by atoms with Crippen LogP contribution in [-0.2, 0) is 6.42 Å². The van der Waals surface area contributed by atoms with Gasteiger partial charge in [0.1, 0.15) is 5.82 Å².